The van der Waals surface area contributed by atoms with E-state index in [1.807, 2.05) is 0 Å². The van der Waals surface area contributed by atoms with Crippen LogP contribution in [0.3, 0.4) is 0 Å². The van der Waals surface area contributed by atoms with Gasteiger partial charge in [-0.1, -0.05) is 11.8 Å². The van der Waals surface area contributed by atoms with Crippen molar-refractivity contribution in [3.63, 3.8) is 0 Å². The summed E-state index contributed by atoms with van der Waals surface area (Å²) >= 11 is 1.30. The van der Waals surface area contributed by atoms with Crippen molar-refractivity contribution >= 4 is 46.9 Å². The summed E-state index contributed by atoms with van der Waals surface area (Å²) in [4.78, 5) is 45.6. The van der Waals surface area contributed by atoms with E-state index in [0.717, 1.165) is 0 Å². The van der Waals surface area contributed by atoms with Gasteiger partial charge in [-0.3, -0.25) is 19.3 Å². The quantitative estimate of drug-likeness (QED) is 0.398. The lowest BCUT2D eigenvalue weighted by atomic mass is 9.96. The van der Waals surface area contributed by atoms with Crippen molar-refractivity contribution < 1.29 is 28.6 Å². The van der Waals surface area contributed by atoms with Crippen LogP contribution in [0.4, 0.5) is 17.3 Å². The number of nitrogens with zero attached hydrogens (tertiary/aromatic N) is 3. The molecule has 3 heterocycles. The number of rotatable bonds is 3. The number of amides is 1. The van der Waals surface area contributed by atoms with E-state index in [1.54, 1.807) is 6.26 Å². The molecule has 0 unspecified atom stereocenters. The maximum atomic E-state index is 12.6. The van der Waals surface area contributed by atoms with Gasteiger partial charge in [-0.2, -0.15) is 0 Å². The Labute approximate surface area is 165 Å². The number of nitrogens with two attached hydrogens (primary N) is 1. The molecule has 1 aromatic rings. The molecule has 2 aliphatic rings. The van der Waals surface area contributed by atoms with Gasteiger partial charge in [0.1, 0.15) is 11.7 Å². The van der Waals surface area contributed by atoms with Crippen molar-refractivity contribution in [3.8, 4) is 0 Å². The van der Waals surface area contributed by atoms with Crippen LogP contribution in [-0.4, -0.2) is 65.2 Å². The molecule has 0 radical (unpaired) electrons. The largest absolute Gasteiger partial charge is 0.456 e. The van der Waals surface area contributed by atoms with Gasteiger partial charge < -0.3 is 25.3 Å². The fraction of sp³-hybridized carbons (Fsp3) is 0.562. The van der Waals surface area contributed by atoms with Crippen LogP contribution >= 0.6 is 11.8 Å². The van der Waals surface area contributed by atoms with Gasteiger partial charge in [-0.05, 0) is 6.26 Å². The number of nitrogen functional groups attached to an aromatic ring is 1. The van der Waals surface area contributed by atoms with E-state index in [1.165, 1.54) is 37.4 Å². The number of hydrogen-bond donors (Lipinski definition) is 2. The second-order valence-electron chi connectivity index (χ2n) is 6.29. The van der Waals surface area contributed by atoms with Crippen LogP contribution in [0.2, 0.25) is 0 Å². The lowest BCUT2D eigenvalue weighted by Crippen LogP contribution is -2.67. The summed E-state index contributed by atoms with van der Waals surface area (Å²) in [5.41, 5.74) is 6.36. The third-order valence-corrected chi connectivity index (χ3v) is 4.85. The summed E-state index contributed by atoms with van der Waals surface area (Å²) in [6, 6.07) is -0.835. The molecule has 0 aliphatic carbocycles. The van der Waals surface area contributed by atoms with Crippen molar-refractivity contribution in [1.82, 2.24) is 9.97 Å². The molecule has 12 heteroatoms. The first kappa shape index (κ1) is 20.1. The molecule has 28 heavy (non-hydrogen) atoms. The minimum absolute atomic E-state index is 0.0251. The first-order valence-corrected chi connectivity index (χ1v) is 9.69. The molecule has 0 saturated carbocycles. The Hall–Kier alpha value is -2.60. The van der Waals surface area contributed by atoms with Gasteiger partial charge in [-0.15, -0.1) is 0 Å². The highest BCUT2D eigenvalue weighted by Crippen LogP contribution is 2.41. The van der Waals surface area contributed by atoms with Gasteiger partial charge in [0, 0.05) is 20.8 Å². The molecule has 1 amide bonds. The predicted octanol–water partition coefficient (Wildman–Crippen LogP) is 0.147. The first-order valence-electron chi connectivity index (χ1n) is 8.46. The maximum absolute atomic E-state index is 12.6. The van der Waals surface area contributed by atoms with Crippen LogP contribution in [0.25, 0.3) is 0 Å². The summed E-state index contributed by atoms with van der Waals surface area (Å²) in [5.74, 6) is -1.10. The Morgan fingerprint density at radius 2 is 1.89 bits per heavy atom. The lowest BCUT2D eigenvalue weighted by Gasteiger charge is -2.49. The zero-order chi connectivity index (χ0) is 20.6. The monoisotopic (exact) mass is 411 g/mol. The van der Waals surface area contributed by atoms with Gasteiger partial charge in [0.2, 0.25) is 5.91 Å². The van der Waals surface area contributed by atoms with E-state index in [9.17, 15) is 14.4 Å². The molecular weight excluding hydrogens is 390 g/mol. The predicted molar refractivity (Wildman–Crippen MR) is 99.6 cm³/mol. The molecule has 3 N–H and O–H groups in total. The van der Waals surface area contributed by atoms with Crippen molar-refractivity contribution in [2.45, 2.75) is 50.4 Å². The number of thioether (sulfide) groups is 1. The Bertz CT molecular complexity index is 821. The third-order valence-electron chi connectivity index (χ3n) is 4.30. The molecule has 2 aliphatic heterocycles. The highest BCUT2D eigenvalue weighted by Gasteiger charge is 2.52. The molecule has 11 nitrogen and oxygen atoms in total. The normalized spacial score (nSPS) is 25.8. The Balaban J connectivity index is 2.10. The minimum Gasteiger partial charge on any atom is -0.456 e. The zero-order valence-electron chi connectivity index (χ0n) is 15.8. The van der Waals surface area contributed by atoms with Crippen LogP contribution in [0, 0.1) is 0 Å². The lowest BCUT2D eigenvalue weighted by molar-refractivity contribution is -0.190. The summed E-state index contributed by atoms with van der Waals surface area (Å²) in [6.07, 6.45) is -0.811. The molecule has 4 atom stereocenters. The Morgan fingerprint density at radius 1 is 1.21 bits per heavy atom. The molecule has 0 spiro atoms. The van der Waals surface area contributed by atoms with E-state index in [4.69, 9.17) is 19.9 Å². The summed E-state index contributed by atoms with van der Waals surface area (Å²) in [5, 5.41) is 3.51. The number of carbonyl (C=O) groups is 3. The van der Waals surface area contributed by atoms with Gasteiger partial charge in [0.05, 0.1) is 6.61 Å². The highest BCUT2D eigenvalue weighted by atomic mass is 32.2. The number of anilines is 3. The van der Waals surface area contributed by atoms with Gasteiger partial charge in [0.15, 0.2) is 35.2 Å². The molecule has 0 aromatic carbocycles. The first-order chi connectivity index (χ1) is 13.2. The van der Waals surface area contributed by atoms with E-state index >= 15 is 0 Å². The van der Waals surface area contributed by atoms with Crippen molar-refractivity contribution in [1.29, 1.82) is 0 Å². The summed E-state index contributed by atoms with van der Waals surface area (Å²) < 4.78 is 16.5. The summed E-state index contributed by atoms with van der Waals surface area (Å²) in [6.45, 7) is 3.79. The fourth-order valence-electron chi connectivity index (χ4n) is 3.38. The van der Waals surface area contributed by atoms with E-state index in [0.29, 0.717) is 11.0 Å². The molecule has 3 rings (SSSR count). The number of nitrogens with one attached hydrogen (secondary N) is 1. The van der Waals surface area contributed by atoms with Crippen molar-refractivity contribution in [2.24, 2.45) is 0 Å². The fourth-order valence-corrected chi connectivity index (χ4v) is 3.75. The molecule has 152 valence electrons. The molecule has 1 fully saturated rings. The topological polar surface area (TPSA) is 146 Å². The van der Waals surface area contributed by atoms with E-state index < -0.39 is 36.4 Å². The van der Waals surface area contributed by atoms with Gasteiger partial charge in [0.25, 0.3) is 0 Å². The van der Waals surface area contributed by atoms with Gasteiger partial charge >= 0.3 is 11.9 Å². The van der Waals surface area contributed by atoms with Crippen molar-refractivity contribution in [3.05, 3.63) is 0 Å². The highest BCUT2D eigenvalue weighted by molar-refractivity contribution is 7.98. The SMILES string of the molecule is CSc1nc(N)c2c(n1)N[C@@H]1OC[C@@H](OC(C)=O)[C@@H](OC(C)=O)[C@@H]1N2C(C)=O. The molecule has 1 saturated heterocycles. The third kappa shape index (κ3) is 3.69. The number of esters is 2. The standard InChI is InChI=1S/C16H21N5O6S/c1-6(22)21-10-12(27-8(3)24)9(26-7(2)23)5-25-15(10)19-14-11(21)13(17)18-16(20-14)28-4/h9-10,12,15H,5H2,1-4H3,(H3,17,18,19,20)/t9-,10+,12-,15-/m1/s1. The zero-order valence-corrected chi connectivity index (χ0v) is 16.6. The van der Waals surface area contributed by atoms with E-state index in [-0.39, 0.29) is 24.0 Å². The molecule has 0 bridgehead atoms. The minimum atomic E-state index is -0.968. The second kappa shape index (κ2) is 7.80. The van der Waals surface area contributed by atoms with Crippen molar-refractivity contribution in [2.75, 3.05) is 28.8 Å². The molecular formula is C16H21N5O6S. The number of aromatic nitrogens is 2. The van der Waals surface area contributed by atoms with Crippen LogP contribution < -0.4 is 16.0 Å². The van der Waals surface area contributed by atoms with Crippen LogP contribution in [-0.2, 0) is 28.6 Å². The van der Waals surface area contributed by atoms with Gasteiger partial charge in [-0.25, -0.2) is 9.97 Å². The maximum Gasteiger partial charge on any atom is 0.303 e. The number of ether oxygens (including phenoxy) is 3. The average Bonchev–Trinajstić information content (AvgIpc) is 2.60. The number of fused-ring (bicyclic) bond motifs is 2. The Kier molecular flexibility index (Phi) is 5.61. The average molecular weight is 411 g/mol. The number of hydrogen-bond acceptors (Lipinski definition) is 11. The van der Waals surface area contributed by atoms with E-state index in [2.05, 4.69) is 15.3 Å². The van der Waals surface area contributed by atoms with Crippen LogP contribution in [0.15, 0.2) is 5.16 Å². The summed E-state index contributed by atoms with van der Waals surface area (Å²) in [7, 11) is 0. The molecule has 1 aromatic heterocycles. The van der Waals surface area contributed by atoms with Crippen LogP contribution in [0.5, 0.6) is 0 Å². The second-order valence-corrected chi connectivity index (χ2v) is 7.07. The number of carbonyl (C=O) groups excluding carboxylic acids is 3. The Morgan fingerprint density at radius 3 is 2.46 bits per heavy atom. The van der Waals surface area contributed by atoms with Crippen LogP contribution in [0.1, 0.15) is 20.8 Å². The smallest absolute Gasteiger partial charge is 0.303 e.